The van der Waals surface area contributed by atoms with E-state index in [1.54, 1.807) is 0 Å². The highest BCUT2D eigenvalue weighted by Gasteiger charge is 2.72. The minimum Gasteiger partial charge on any atom is -0.463 e. The molecule has 4 aliphatic rings. The van der Waals surface area contributed by atoms with Crippen LogP contribution in [0.5, 0.6) is 0 Å². The smallest absolute Gasteiger partial charge is 0.303 e. The molecule has 28 nitrogen and oxygen atoms in total. The van der Waals surface area contributed by atoms with E-state index in [-0.39, 0.29) is 0 Å². The second kappa shape index (κ2) is 23.2. The lowest BCUT2D eigenvalue weighted by Gasteiger charge is -2.48. The Balaban J connectivity index is 1.93. The standard InChI is InChI=1S/C41H54N2O26/c1-15(44)43-36-32(33(62-22(8)51)37(65-25(11)54)41(36,55)14-58-18(4)47)69-40(43)42-38-34(63-23(9)52)30(60-20(6)49)29(26(66-38)12-56-16(2)45)68-39-35(64-24(10)53)31(61-21(7)50)28(59-19(5)48)27(67-39)13-57-17(3)46/h26-39,55H,12-14H2,1-11H3/b42-40-/t26-,27-,28-,29-,30+,31+,32-,33-,34-,35-,36-,37+,38+,39+,41+/m1/s1. The predicted octanol–water partition coefficient (Wildman–Crippen LogP) is -2.25. The molecule has 384 valence electrons. The lowest BCUT2D eigenvalue weighted by atomic mass is 9.94. The van der Waals surface area contributed by atoms with Gasteiger partial charge in [0.2, 0.25) is 5.91 Å². The van der Waals surface area contributed by atoms with Crippen LogP contribution in [0.15, 0.2) is 4.99 Å². The quantitative estimate of drug-likeness (QED) is 0.126. The Labute approximate surface area is 392 Å². The minimum atomic E-state index is -2.59. The summed E-state index contributed by atoms with van der Waals surface area (Å²) in [4.78, 5) is 143. The van der Waals surface area contributed by atoms with Crippen molar-refractivity contribution in [3.05, 3.63) is 0 Å². The zero-order valence-corrected chi connectivity index (χ0v) is 39.3. The minimum absolute atomic E-state index is 0.691. The average Bonchev–Trinajstić information content (AvgIpc) is 3.68. The Kier molecular flexibility index (Phi) is 18.5. The Morgan fingerprint density at radius 1 is 0.507 bits per heavy atom. The lowest BCUT2D eigenvalue weighted by Crippen LogP contribution is -2.67. The van der Waals surface area contributed by atoms with E-state index in [0.717, 1.165) is 81.1 Å². The number of hydrogen-bond acceptors (Lipinski definition) is 27. The van der Waals surface area contributed by atoms with E-state index in [4.69, 9.17) is 66.3 Å². The van der Waals surface area contributed by atoms with Crippen LogP contribution in [-0.4, -0.2) is 193 Å². The number of amidine groups is 1. The molecule has 28 heteroatoms. The number of fused-ring (bicyclic) bond motifs is 1. The van der Waals surface area contributed by atoms with Crippen molar-refractivity contribution in [3.8, 4) is 0 Å². The van der Waals surface area contributed by atoms with Gasteiger partial charge in [0.25, 0.3) is 6.02 Å². The molecule has 3 heterocycles. The summed E-state index contributed by atoms with van der Waals surface area (Å²) in [5.41, 5.74) is -2.59. The number of aliphatic hydroxyl groups is 1. The topological polar surface area (TPSA) is 353 Å². The van der Waals surface area contributed by atoms with Gasteiger partial charge in [0.1, 0.15) is 44.2 Å². The summed E-state index contributed by atoms with van der Waals surface area (Å²) < 4.78 is 78.9. The van der Waals surface area contributed by atoms with Gasteiger partial charge in [0, 0.05) is 76.2 Å². The Morgan fingerprint density at radius 3 is 1.39 bits per heavy atom. The summed E-state index contributed by atoms with van der Waals surface area (Å²) in [5, 5.41) is 12.3. The second-order valence-electron chi connectivity index (χ2n) is 15.9. The van der Waals surface area contributed by atoms with Crippen LogP contribution in [0.3, 0.4) is 0 Å². The van der Waals surface area contributed by atoms with Crippen LogP contribution in [0.4, 0.5) is 0 Å². The van der Waals surface area contributed by atoms with Crippen LogP contribution in [0.1, 0.15) is 76.2 Å². The number of esters is 10. The normalized spacial score (nSPS) is 33.0. The first-order valence-corrected chi connectivity index (χ1v) is 21.0. The molecule has 3 aliphatic heterocycles. The fourth-order valence-electron chi connectivity index (χ4n) is 8.07. The first kappa shape index (κ1) is 55.1. The molecule has 1 N–H and O–H groups in total. The summed E-state index contributed by atoms with van der Waals surface area (Å²) in [6.45, 7) is 8.31. The van der Waals surface area contributed by atoms with Crippen LogP contribution in [0, 0.1) is 0 Å². The molecule has 4 rings (SSSR count). The number of aliphatic imine (C=N–C) groups is 1. The number of carbonyl (C=O) groups is 11. The maximum Gasteiger partial charge on any atom is 0.303 e. The van der Waals surface area contributed by atoms with Crippen molar-refractivity contribution >= 4 is 71.6 Å². The zero-order valence-electron chi connectivity index (χ0n) is 39.3. The highest BCUT2D eigenvalue weighted by molar-refractivity contribution is 5.96. The first-order valence-electron chi connectivity index (χ1n) is 21.0. The van der Waals surface area contributed by atoms with Gasteiger partial charge in [-0.25, -0.2) is 0 Å². The number of hydrogen-bond donors (Lipinski definition) is 1. The van der Waals surface area contributed by atoms with E-state index in [1.165, 1.54) is 0 Å². The van der Waals surface area contributed by atoms with Crippen molar-refractivity contribution in [2.75, 3.05) is 19.8 Å². The monoisotopic (exact) mass is 990 g/mol. The molecule has 4 fully saturated rings. The van der Waals surface area contributed by atoms with Gasteiger partial charge in [-0.2, -0.15) is 4.99 Å². The van der Waals surface area contributed by atoms with Gasteiger partial charge in [-0.1, -0.05) is 0 Å². The van der Waals surface area contributed by atoms with Gasteiger partial charge < -0.3 is 71.4 Å². The van der Waals surface area contributed by atoms with Crippen molar-refractivity contribution in [3.63, 3.8) is 0 Å². The van der Waals surface area contributed by atoms with E-state index < -0.39 is 183 Å². The molecule has 1 aliphatic carbocycles. The molecule has 0 aromatic carbocycles. The third-order valence-corrected chi connectivity index (χ3v) is 10.2. The first-order chi connectivity index (χ1) is 32.1. The predicted molar refractivity (Wildman–Crippen MR) is 215 cm³/mol. The number of rotatable bonds is 16. The molecule has 0 radical (unpaired) electrons. The van der Waals surface area contributed by atoms with Crippen LogP contribution in [0.2, 0.25) is 0 Å². The summed E-state index contributed by atoms with van der Waals surface area (Å²) in [7, 11) is 0. The Morgan fingerprint density at radius 2 is 0.928 bits per heavy atom. The fourth-order valence-corrected chi connectivity index (χ4v) is 8.07. The number of carbonyl (C=O) groups excluding carboxylic acids is 11. The van der Waals surface area contributed by atoms with Gasteiger partial charge in [0.15, 0.2) is 67.0 Å². The molecule has 3 saturated heterocycles. The number of ether oxygens (including phenoxy) is 14. The third-order valence-electron chi connectivity index (χ3n) is 10.2. The van der Waals surface area contributed by atoms with Gasteiger partial charge >= 0.3 is 59.7 Å². The van der Waals surface area contributed by atoms with Crippen molar-refractivity contribution in [2.45, 2.75) is 167 Å². The molecular formula is C41H54N2O26. The molecule has 0 unspecified atom stereocenters. The number of amides is 1. The Hall–Kier alpha value is -6.52. The van der Waals surface area contributed by atoms with E-state index in [1.807, 2.05) is 0 Å². The van der Waals surface area contributed by atoms with Crippen LogP contribution < -0.4 is 0 Å². The molecule has 1 saturated carbocycles. The van der Waals surface area contributed by atoms with E-state index >= 15 is 0 Å². The van der Waals surface area contributed by atoms with Crippen molar-refractivity contribution < 1.29 is 124 Å². The molecule has 0 bridgehead atoms. The average molecular weight is 991 g/mol. The highest BCUT2D eigenvalue weighted by atomic mass is 16.8. The fraction of sp³-hybridized carbons (Fsp3) is 0.707. The molecule has 0 aromatic heterocycles. The summed E-state index contributed by atoms with van der Waals surface area (Å²) in [5.74, 6) is -10.7. The molecule has 69 heavy (non-hydrogen) atoms. The van der Waals surface area contributed by atoms with Crippen LogP contribution in [-0.2, 0) is 119 Å². The second-order valence-corrected chi connectivity index (χ2v) is 15.9. The van der Waals surface area contributed by atoms with Crippen molar-refractivity contribution in [1.29, 1.82) is 0 Å². The van der Waals surface area contributed by atoms with Crippen molar-refractivity contribution in [2.24, 2.45) is 4.99 Å². The third kappa shape index (κ3) is 13.8. The van der Waals surface area contributed by atoms with Gasteiger partial charge in [-0.15, -0.1) is 0 Å². The lowest BCUT2D eigenvalue weighted by molar-refractivity contribution is -0.344. The van der Waals surface area contributed by atoms with Gasteiger partial charge in [0.05, 0.1) is 0 Å². The molecule has 0 spiro atoms. The zero-order chi connectivity index (χ0) is 51.8. The summed E-state index contributed by atoms with van der Waals surface area (Å²) in [6, 6.07) is -2.47. The SMILES string of the molecule is CC(=O)OC[C@H]1O[C@H](/N=C2\O[C@@H]3[C@@H](OC(C)=O)[C@H](OC(C)=O)[C@](O)(COC(C)=O)[C@@H]3N2C(C)=O)[C@H](OC(C)=O)[C@@H](OC(C)=O)[C@@H]1O[C@@H]1O[C@H](COC(C)=O)[C@@H](OC(C)=O)[C@H](OC(C)=O)[C@H]1OC(C)=O. The molecule has 1 amide bonds. The molecular weight excluding hydrogens is 936 g/mol. The summed E-state index contributed by atoms with van der Waals surface area (Å²) in [6.07, 6.45) is -23.5. The summed E-state index contributed by atoms with van der Waals surface area (Å²) >= 11 is 0. The van der Waals surface area contributed by atoms with Crippen LogP contribution in [0.25, 0.3) is 0 Å². The van der Waals surface area contributed by atoms with E-state index in [9.17, 15) is 57.8 Å². The highest BCUT2D eigenvalue weighted by Crippen LogP contribution is 2.45. The van der Waals surface area contributed by atoms with Gasteiger partial charge in [-0.3, -0.25) is 57.6 Å². The van der Waals surface area contributed by atoms with Crippen LogP contribution >= 0.6 is 0 Å². The van der Waals surface area contributed by atoms with Crippen molar-refractivity contribution in [1.82, 2.24) is 4.90 Å². The molecule has 15 atom stereocenters. The maximum absolute atomic E-state index is 13.6. The maximum atomic E-state index is 13.6. The van der Waals surface area contributed by atoms with E-state index in [2.05, 4.69) is 4.99 Å². The molecule has 0 aromatic rings. The number of nitrogens with zero attached hydrogens (tertiary/aromatic N) is 2. The van der Waals surface area contributed by atoms with E-state index in [0.29, 0.717) is 0 Å². The Bertz CT molecular complexity index is 2060. The largest absolute Gasteiger partial charge is 0.463 e. The van der Waals surface area contributed by atoms with Gasteiger partial charge in [-0.05, 0) is 0 Å².